The molecule has 0 unspecified atom stereocenters. The molecule has 27 heavy (non-hydrogen) atoms. The average molecular weight is 367 g/mol. The zero-order valence-electron chi connectivity index (χ0n) is 15.8. The molecule has 1 aliphatic rings. The second-order valence-corrected chi connectivity index (χ2v) is 7.19. The van der Waals surface area contributed by atoms with Crippen molar-refractivity contribution in [3.63, 3.8) is 0 Å². The fourth-order valence-electron chi connectivity index (χ4n) is 3.74. The van der Waals surface area contributed by atoms with Crippen molar-refractivity contribution in [2.24, 2.45) is 0 Å². The van der Waals surface area contributed by atoms with Crippen LogP contribution in [0.4, 0.5) is 0 Å². The highest BCUT2D eigenvalue weighted by Gasteiger charge is 2.18. The van der Waals surface area contributed by atoms with Gasteiger partial charge in [-0.25, -0.2) is 4.98 Å². The molecule has 3 aromatic rings. The molecule has 1 amide bonds. The van der Waals surface area contributed by atoms with Gasteiger partial charge in [-0.3, -0.25) is 9.69 Å². The monoisotopic (exact) mass is 367 g/mol. The molecular weight excluding hydrogens is 342 g/mol. The fraction of sp³-hybridized carbons (Fsp3) is 0.429. The van der Waals surface area contributed by atoms with Crippen molar-refractivity contribution in [3.8, 4) is 5.75 Å². The van der Waals surface area contributed by atoms with Gasteiger partial charge in [-0.2, -0.15) is 0 Å². The molecule has 1 saturated heterocycles. The molecule has 1 aromatic carbocycles. The van der Waals surface area contributed by atoms with Crippen LogP contribution in [0.25, 0.3) is 22.0 Å². The van der Waals surface area contributed by atoms with Crippen molar-refractivity contribution in [2.45, 2.75) is 32.2 Å². The SMILES string of the molecule is COc1ccc2nc3oc(C(=O)NCCN4CCCC[C@H]4C)cc3cc2c1. The Morgan fingerprint density at radius 1 is 1.30 bits per heavy atom. The quantitative estimate of drug-likeness (QED) is 0.746. The number of carbonyl (C=O) groups is 1. The Morgan fingerprint density at radius 2 is 2.19 bits per heavy atom. The van der Waals surface area contributed by atoms with E-state index in [0.717, 1.165) is 35.1 Å². The molecule has 0 bridgehead atoms. The molecule has 3 heterocycles. The minimum absolute atomic E-state index is 0.195. The summed E-state index contributed by atoms with van der Waals surface area (Å²) in [5.74, 6) is 0.878. The average Bonchev–Trinajstić information content (AvgIpc) is 3.10. The molecule has 6 nitrogen and oxygen atoms in total. The number of nitrogens with zero attached hydrogens (tertiary/aromatic N) is 2. The number of benzene rings is 1. The van der Waals surface area contributed by atoms with E-state index in [9.17, 15) is 4.79 Å². The van der Waals surface area contributed by atoms with E-state index in [0.29, 0.717) is 24.1 Å². The van der Waals surface area contributed by atoms with Gasteiger partial charge in [0.25, 0.3) is 5.91 Å². The number of carbonyl (C=O) groups excluding carboxylic acids is 1. The predicted octanol–water partition coefficient (Wildman–Crippen LogP) is 3.59. The van der Waals surface area contributed by atoms with Gasteiger partial charge >= 0.3 is 0 Å². The Morgan fingerprint density at radius 3 is 3.00 bits per heavy atom. The molecular formula is C21H25N3O3. The van der Waals surface area contributed by atoms with Crippen LogP contribution in [0.2, 0.25) is 0 Å². The van der Waals surface area contributed by atoms with E-state index in [2.05, 4.69) is 22.1 Å². The number of hydrogen-bond donors (Lipinski definition) is 1. The van der Waals surface area contributed by atoms with Gasteiger partial charge in [-0.1, -0.05) is 6.42 Å². The Balaban J connectivity index is 1.46. The number of likely N-dealkylation sites (tertiary alicyclic amines) is 1. The van der Waals surface area contributed by atoms with Crippen molar-refractivity contribution >= 4 is 27.9 Å². The number of nitrogens with one attached hydrogen (secondary N) is 1. The Bertz CT molecular complexity index is 966. The Labute approximate surface area is 158 Å². The summed E-state index contributed by atoms with van der Waals surface area (Å²) in [6, 6.07) is 9.98. The van der Waals surface area contributed by atoms with Crippen LogP contribution >= 0.6 is 0 Å². The molecule has 0 saturated carbocycles. The van der Waals surface area contributed by atoms with Crippen molar-refractivity contribution in [3.05, 3.63) is 36.1 Å². The van der Waals surface area contributed by atoms with E-state index in [1.807, 2.05) is 24.3 Å². The van der Waals surface area contributed by atoms with E-state index in [4.69, 9.17) is 9.15 Å². The third-order valence-electron chi connectivity index (χ3n) is 5.36. The van der Waals surface area contributed by atoms with Crippen LogP contribution in [0.5, 0.6) is 5.75 Å². The number of pyridine rings is 1. The molecule has 1 aliphatic heterocycles. The topological polar surface area (TPSA) is 67.6 Å². The largest absolute Gasteiger partial charge is 0.497 e. The molecule has 1 N–H and O–H groups in total. The number of hydrogen-bond acceptors (Lipinski definition) is 5. The van der Waals surface area contributed by atoms with Crippen LogP contribution in [-0.4, -0.2) is 48.6 Å². The number of rotatable bonds is 5. The second kappa shape index (κ2) is 7.56. The van der Waals surface area contributed by atoms with Crippen LogP contribution in [0.1, 0.15) is 36.7 Å². The van der Waals surface area contributed by atoms with Gasteiger partial charge in [0.05, 0.1) is 12.6 Å². The third kappa shape index (κ3) is 3.76. The van der Waals surface area contributed by atoms with E-state index in [-0.39, 0.29) is 5.91 Å². The first kappa shape index (κ1) is 17.8. The zero-order valence-corrected chi connectivity index (χ0v) is 15.8. The lowest BCUT2D eigenvalue weighted by atomic mass is 10.0. The fourth-order valence-corrected chi connectivity index (χ4v) is 3.74. The van der Waals surface area contributed by atoms with Crippen LogP contribution < -0.4 is 10.1 Å². The normalized spacial score (nSPS) is 18.1. The van der Waals surface area contributed by atoms with Gasteiger partial charge in [0.2, 0.25) is 5.71 Å². The van der Waals surface area contributed by atoms with Gasteiger partial charge in [-0.15, -0.1) is 0 Å². The molecule has 1 atom stereocenters. The molecule has 0 radical (unpaired) electrons. The van der Waals surface area contributed by atoms with Gasteiger partial charge in [0.15, 0.2) is 5.76 Å². The highest BCUT2D eigenvalue weighted by atomic mass is 16.5. The summed E-state index contributed by atoms with van der Waals surface area (Å²) in [4.78, 5) is 19.4. The first-order valence-electron chi connectivity index (χ1n) is 9.54. The standard InChI is InChI=1S/C21H25N3O3/c1-14-5-3-4-9-24(14)10-8-22-20(25)19-13-16-11-15-12-17(26-2)6-7-18(15)23-21(16)27-19/h6-7,11-14H,3-5,8-10H2,1-2H3,(H,22,25)/t14-/m1/s1. The lowest BCUT2D eigenvalue weighted by molar-refractivity contribution is 0.0913. The maximum absolute atomic E-state index is 12.5. The summed E-state index contributed by atoms with van der Waals surface area (Å²) in [5, 5.41) is 4.73. The van der Waals surface area contributed by atoms with Gasteiger partial charge in [-0.05, 0) is 56.6 Å². The van der Waals surface area contributed by atoms with Crippen LogP contribution in [0.3, 0.4) is 0 Å². The van der Waals surface area contributed by atoms with E-state index >= 15 is 0 Å². The molecule has 142 valence electrons. The zero-order chi connectivity index (χ0) is 18.8. The summed E-state index contributed by atoms with van der Waals surface area (Å²) in [5.41, 5.74) is 1.28. The van der Waals surface area contributed by atoms with Crippen molar-refractivity contribution < 1.29 is 13.9 Å². The molecule has 0 spiro atoms. The molecule has 0 aliphatic carbocycles. The molecule has 4 rings (SSSR count). The minimum Gasteiger partial charge on any atom is -0.497 e. The van der Waals surface area contributed by atoms with Gasteiger partial charge in [0.1, 0.15) is 5.75 Å². The third-order valence-corrected chi connectivity index (χ3v) is 5.36. The van der Waals surface area contributed by atoms with E-state index < -0.39 is 0 Å². The first-order valence-corrected chi connectivity index (χ1v) is 9.54. The van der Waals surface area contributed by atoms with Gasteiger partial charge < -0.3 is 14.5 Å². The summed E-state index contributed by atoms with van der Waals surface area (Å²) < 4.78 is 11.0. The van der Waals surface area contributed by atoms with E-state index in [1.165, 1.54) is 19.3 Å². The lowest BCUT2D eigenvalue weighted by Crippen LogP contribution is -2.42. The highest BCUT2D eigenvalue weighted by Crippen LogP contribution is 2.25. The first-order chi connectivity index (χ1) is 13.1. The number of aromatic nitrogens is 1. The number of ether oxygens (including phenoxy) is 1. The number of furan rings is 1. The number of fused-ring (bicyclic) bond motifs is 2. The smallest absolute Gasteiger partial charge is 0.287 e. The van der Waals surface area contributed by atoms with Crippen molar-refractivity contribution in [1.29, 1.82) is 0 Å². The summed E-state index contributed by atoms with van der Waals surface area (Å²) in [7, 11) is 1.64. The molecule has 1 fully saturated rings. The second-order valence-electron chi connectivity index (χ2n) is 7.19. The number of piperidine rings is 1. The molecule has 6 heteroatoms. The number of methoxy groups -OCH3 is 1. The summed E-state index contributed by atoms with van der Waals surface area (Å²) in [6.45, 7) is 4.86. The van der Waals surface area contributed by atoms with Crippen LogP contribution in [0, 0.1) is 0 Å². The maximum atomic E-state index is 12.5. The van der Waals surface area contributed by atoms with Crippen molar-refractivity contribution in [2.75, 3.05) is 26.7 Å². The maximum Gasteiger partial charge on any atom is 0.287 e. The van der Waals surface area contributed by atoms with Crippen LogP contribution in [-0.2, 0) is 0 Å². The summed E-state index contributed by atoms with van der Waals surface area (Å²) in [6.07, 6.45) is 3.78. The van der Waals surface area contributed by atoms with Crippen molar-refractivity contribution in [1.82, 2.24) is 15.2 Å². The lowest BCUT2D eigenvalue weighted by Gasteiger charge is -2.33. The van der Waals surface area contributed by atoms with Crippen LogP contribution in [0.15, 0.2) is 34.7 Å². The van der Waals surface area contributed by atoms with E-state index in [1.54, 1.807) is 13.2 Å². The van der Waals surface area contributed by atoms with Gasteiger partial charge in [0, 0.05) is 29.9 Å². The Kier molecular flexibility index (Phi) is 4.99. The summed E-state index contributed by atoms with van der Waals surface area (Å²) >= 11 is 0. The highest BCUT2D eigenvalue weighted by molar-refractivity contribution is 5.98. The minimum atomic E-state index is -0.195. The Hall–Kier alpha value is -2.60. The predicted molar refractivity (Wildman–Crippen MR) is 105 cm³/mol. The number of amides is 1. The molecule has 2 aromatic heterocycles.